The summed E-state index contributed by atoms with van der Waals surface area (Å²) in [6.07, 6.45) is 4.53. The average molecular weight is 252 g/mol. The van der Waals surface area contributed by atoms with Gasteiger partial charge in [-0.3, -0.25) is 4.79 Å². The van der Waals surface area contributed by atoms with Gasteiger partial charge in [-0.05, 0) is 38.0 Å². The number of nitrogens with zero attached hydrogens (tertiary/aromatic N) is 1. The van der Waals surface area contributed by atoms with Crippen LogP contribution in [0.1, 0.15) is 46.0 Å². The van der Waals surface area contributed by atoms with Gasteiger partial charge in [-0.25, -0.2) is 0 Å². The van der Waals surface area contributed by atoms with Crippen molar-refractivity contribution in [2.75, 3.05) is 19.8 Å². The van der Waals surface area contributed by atoms with Gasteiger partial charge >= 0.3 is 0 Å². The Bertz CT molecular complexity index is 301. The van der Waals surface area contributed by atoms with Crippen molar-refractivity contribution in [3.05, 3.63) is 0 Å². The highest BCUT2D eigenvalue weighted by Gasteiger charge is 2.34. The Morgan fingerprint density at radius 3 is 2.61 bits per heavy atom. The molecular weight excluding hydrogens is 228 g/mol. The number of rotatable bonds is 9. The summed E-state index contributed by atoms with van der Waals surface area (Å²) in [5.74, 6) is 0.642. The van der Waals surface area contributed by atoms with E-state index < -0.39 is 5.41 Å². The first-order chi connectivity index (χ1) is 8.68. The van der Waals surface area contributed by atoms with Crippen molar-refractivity contribution < 1.29 is 9.53 Å². The molecule has 0 aromatic heterocycles. The fraction of sp³-hybridized carbons (Fsp3) is 0.857. The van der Waals surface area contributed by atoms with E-state index >= 15 is 0 Å². The molecule has 4 heteroatoms. The average Bonchev–Trinajstić information content (AvgIpc) is 3.20. The predicted molar refractivity (Wildman–Crippen MR) is 69.8 cm³/mol. The molecule has 1 N–H and O–H groups in total. The minimum absolute atomic E-state index is 0.141. The number of carbonyl (C=O) groups is 1. The van der Waals surface area contributed by atoms with Gasteiger partial charge in [0.1, 0.15) is 5.41 Å². The quantitative estimate of drug-likeness (QED) is 0.640. The number of nitriles is 1. The third-order valence-corrected chi connectivity index (χ3v) is 3.66. The summed E-state index contributed by atoms with van der Waals surface area (Å²) in [5.41, 5.74) is -0.852. The van der Waals surface area contributed by atoms with E-state index in [1.165, 1.54) is 12.8 Å². The molecule has 0 spiro atoms. The molecule has 0 atom stereocenters. The predicted octanol–water partition coefficient (Wildman–Crippen LogP) is 2.25. The molecule has 1 saturated carbocycles. The van der Waals surface area contributed by atoms with Crippen molar-refractivity contribution in [1.29, 1.82) is 5.26 Å². The smallest absolute Gasteiger partial charge is 0.240 e. The molecule has 0 radical (unpaired) electrons. The van der Waals surface area contributed by atoms with Gasteiger partial charge in [0.2, 0.25) is 5.91 Å². The van der Waals surface area contributed by atoms with E-state index in [1.54, 1.807) is 0 Å². The van der Waals surface area contributed by atoms with Crippen molar-refractivity contribution in [2.45, 2.75) is 46.0 Å². The standard InChI is InChI=1S/C14H24N2O2/c1-3-14(4-2,11-15)13(17)16-8-5-9-18-10-12-6-7-12/h12H,3-10H2,1-2H3,(H,16,17). The van der Waals surface area contributed by atoms with Gasteiger partial charge in [-0.1, -0.05) is 13.8 Å². The first kappa shape index (κ1) is 15.0. The van der Waals surface area contributed by atoms with Gasteiger partial charge in [0, 0.05) is 19.8 Å². The second-order valence-electron chi connectivity index (χ2n) is 5.03. The van der Waals surface area contributed by atoms with E-state index in [9.17, 15) is 4.79 Å². The molecule has 1 aliphatic carbocycles. The van der Waals surface area contributed by atoms with Crippen molar-refractivity contribution in [3.63, 3.8) is 0 Å². The van der Waals surface area contributed by atoms with E-state index in [0.29, 0.717) is 26.0 Å². The molecule has 4 nitrogen and oxygen atoms in total. The lowest BCUT2D eigenvalue weighted by molar-refractivity contribution is -0.128. The normalized spacial score (nSPS) is 15.2. The summed E-state index contributed by atoms with van der Waals surface area (Å²) in [7, 11) is 0. The minimum atomic E-state index is -0.852. The molecule has 0 aliphatic heterocycles. The second-order valence-corrected chi connectivity index (χ2v) is 5.03. The molecule has 0 bridgehead atoms. The van der Waals surface area contributed by atoms with Crippen LogP contribution in [0.4, 0.5) is 0 Å². The first-order valence-electron chi connectivity index (χ1n) is 6.95. The van der Waals surface area contributed by atoms with Crippen LogP contribution in [-0.4, -0.2) is 25.7 Å². The van der Waals surface area contributed by atoms with Gasteiger partial charge in [-0.15, -0.1) is 0 Å². The van der Waals surface area contributed by atoms with Crippen molar-refractivity contribution in [2.24, 2.45) is 11.3 Å². The Labute approximate surface area is 110 Å². The van der Waals surface area contributed by atoms with Crippen LogP contribution < -0.4 is 5.32 Å². The summed E-state index contributed by atoms with van der Waals surface area (Å²) in [5, 5.41) is 12.0. The molecule has 0 saturated heterocycles. The molecule has 0 unspecified atom stereocenters. The minimum Gasteiger partial charge on any atom is -0.381 e. The summed E-state index contributed by atoms with van der Waals surface area (Å²) in [4.78, 5) is 11.9. The Balaban J connectivity index is 2.12. The Morgan fingerprint density at radius 2 is 2.11 bits per heavy atom. The third-order valence-electron chi connectivity index (χ3n) is 3.66. The molecule has 1 aliphatic rings. The SMILES string of the molecule is CCC(C#N)(CC)C(=O)NCCCOCC1CC1. The van der Waals surface area contributed by atoms with Gasteiger partial charge in [-0.2, -0.15) is 5.26 Å². The summed E-state index contributed by atoms with van der Waals surface area (Å²) in [6.45, 7) is 5.90. The van der Waals surface area contributed by atoms with Gasteiger partial charge in [0.25, 0.3) is 0 Å². The van der Waals surface area contributed by atoms with Gasteiger partial charge in [0.05, 0.1) is 6.07 Å². The van der Waals surface area contributed by atoms with Gasteiger partial charge < -0.3 is 10.1 Å². The lowest BCUT2D eigenvalue weighted by Crippen LogP contribution is -2.40. The largest absolute Gasteiger partial charge is 0.381 e. The molecular formula is C14H24N2O2. The zero-order valence-corrected chi connectivity index (χ0v) is 11.5. The molecule has 1 amide bonds. The van der Waals surface area contributed by atoms with E-state index in [-0.39, 0.29) is 5.91 Å². The third kappa shape index (κ3) is 4.30. The Kier molecular flexibility index (Phi) is 6.14. The molecule has 1 fully saturated rings. The summed E-state index contributed by atoms with van der Waals surface area (Å²) >= 11 is 0. The highest BCUT2D eigenvalue weighted by Crippen LogP contribution is 2.28. The molecule has 1 rings (SSSR count). The zero-order chi connectivity index (χ0) is 13.4. The van der Waals surface area contributed by atoms with Crippen molar-refractivity contribution in [1.82, 2.24) is 5.32 Å². The van der Waals surface area contributed by atoms with Crippen molar-refractivity contribution >= 4 is 5.91 Å². The Morgan fingerprint density at radius 1 is 1.44 bits per heavy atom. The van der Waals surface area contributed by atoms with Crippen LogP contribution in [0.5, 0.6) is 0 Å². The molecule has 102 valence electrons. The number of amides is 1. The maximum absolute atomic E-state index is 11.9. The van der Waals surface area contributed by atoms with E-state index in [2.05, 4.69) is 11.4 Å². The number of carbonyl (C=O) groups excluding carboxylic acids is 1. The molecule has 0 aromatic rings. The maximum Gasteiger partial charge on any atom is 0.240 e. The van der Waals surface area contributed by atoms with Crippen LogP contribution >= 0.6 is 0 Å². The van der Waals surface area contributed by atoms with E-state index in [4.69, 9.17) is 10.00 Å². The van der Waals surface area contributed by atoms with Crippen LogP contribution in [0.15, 0.2) is 0 Å². The van der Waals surface area contributed by atoms with Crippen LogP contribution in [0.3, 0.4) is 0 Å². The maximum atomic E-state index is 11.9. The first-order valence-corrected chi connectivity index (χ1v) is 6.95. The number of hydrogen-bond acceptors (Lipinski definition) is 3. The highest BCUT2D eigenvalue weighted by molar-refractivity contribution is 5.85. The van der Waals surface area contributed by atoms with Crippen LogP contribution in [-0.2, 0) is 9.53 Å². The number of hydrogen-bond donors (Lipinski definition) is 1. The monoisotopic (exact) mass is 252 g/mol. The van der Waals surface area contributed by atoms with Crippen LogP contribution in [0.2, 0.25) is 0 Å². The van der Waals surface area contributed by atoms with Crippen LogP contribution in [0, 0.1) is 22.7 Å². The molecule has 18 heavy (non-hydrogen) atoms. The second kappa shape index (κ2) is 7.38. The Hall–Kier alpha value is -1.08. The molecule has 0 heterocycles. The van der Waals surface area contributed by atoms with E-state index in [0.717, 1.165) is 18.9 Å². The molecule has 0 aromatic carbocycles. The lowest BCUT2D eigenvalue weighted by atomic mass is 9.83. The summed E-state index contributed by atoms with van der Waals surface area (Å²) < 4.78 is 5.49. The number of nitrogens with one attached hydrogen (secondary N) is 1. The topological polar surface area (TPSA) is 62.1 Å². The van der Waals surface area contributed by atoms with E-state index in [1.807, 2.05) is 13.8 Å². The fourth-order valence-corrected chi connectivity index (χ4v) is 1.86. The fourth-order valence-electron chi connectivity index (χ4n) is 1.86. The van der Waals surface area contributed by atoms with Crippen LogP contribution in [0.25, 0.3) is 0 Å². The van der Waals surface area contributed by atoms with Crippen molar-refractivity contribution in [3.8, 4) is 6.07 Å². The highest BCUT2D eigenvalue weighted by atomic mass is 16.5. The lowest BCUT2D eigenvalue weighted by Gasteiger charge is -2.22. The number of ether oxygens (including phenoxy) is 1. The zero-order valence-electron chi connectivity index (χ0n) is 11.5. The summed E-state index contributed by atoms with van der Waals surface area (Å²) in [6, 6.07) is 2.15. The van der Waals surface area contributed by atoms with Gasteiger partial charge in [0.15, 0.2) is 0 Å².